The average Bonchev–Trinajstić information content (AvgIpc) is 2.95. The van der Waals surface area contributed by atoms with E-state index in [4.69, 9.17) is 9.47 Å². The minimum absolute atomic E-state index is 0.569. The van der Waals surface area contributed by atoms with E-state index in [0.717, 1.165) is 22.9 Å². The molecule has 3 rings (SSSR count). The third kappa shape index (κ3) is 3.06. The fraction of sp³-hybridized carbons (Fsp3) is 0.235. The fourth-order valence-electron chi connectivity index (χ4n) is 2.40. The molecule has 0 fully saturated rings. The Morgan fingerprint density at radius 1 is 1.14 bits per heavy atom. The number of rotatable bonds is 5. The number of fused-ring (bicyclic) bond motifs is 1. The molecule has 0 aliphatic carbocycles. The van der Waals surface area contributed by atoms with E-state index in [9.17, 15) is 0 Å². The van der Waals surface area contributed by atoms with Crippen LogP contribution in [0.5, 0.6) is 5.75 Å². The van der Waals surface area contributed by atoms with Gasteiger partial charge >= 0.3 is 0 Å². The maximum Gasteiger partial charge on any atom is 0.119 e. The summed E-state index contributed by atoms with van der Waals surface area (Å²) in [6.45, 7) is 0.569. The molecule has 0 spiro atoms. The molecule has 0 radical (unpaired) electrons. The van der Waals surface area contributed by atoms with E-state index in [0.29, 0.717) is 6.61 Å². The standard InChI is InChI=1S/C17H17NO2S/c1-19-10-14-11-21-17(18-14)8-13-5-3-4-12-6-7-15(20-2)9-16(12)13/h3-7,9,11H,8,10H2,1-2H3. The van der Waals surface area contributed by atoms with E-state index in [1.54, 1.807) is 25.6 Å². The largest absolute Gasteiger partial charge is 0.497 e. The van der Waals surface area contributed by atoms with Crippen molar-refractivity contribution in [1.82, 2.24) is 4.98 Å². The van der Waals surface area contributed by atoms with Gasteiger partial charge in [0.1, 0.15) is 5.75 Å². The summed E-state index contributed by atoms with van der Waals surface area (Å²) >= 11 is 1.68. The van der Waals surface area contributed by atoms with Crippen molar-refractivity contribution in [1.29, 1.82) is 0 Å². The van der Waals surface area contributed by atoms with Gasteiger partial charge in [-0.15, -0.1) is 11.3 Å². The molecule has 3 nitrogen and oxygen atoms in total. The molecule has 0 bridgehead atoms. The highest BCUT2D eigenvalue weighted by Crippen LogP contribution is 2.26. The van der Waals surface area contributed by atoms with Crippen LogP contribution in [0.25, 0.3) is 10.8 Å². The van der Waals surface area contributed by atoms with Crippen LogP contribution in [-0.4, -0.2) is 19.2 Å². The summed E-state index contributed by atoms with van der Waals surface area (Å²) in [4.78, 5) is 4.61. The van der Waals surface area contributed by atoms with Crippen LogP contribution in [0.1, 0.15) is 16.3 Å². The SMILES string of the molecule is COCc1csc(Cc2cccc3ccc(OC)cc23)n1. The molecule has 0 saturated carbocycles. The lowest BCUT2D eigenvalue weighted by Gasteiger charge is -2.07. The zero-order valence-corrected chi connectivity index (χ0v) is 12.9. The molecule has 0 aliphatic rings. The Balaban J connectivity index is 1.95. The lowest BCUT2D eigenvalue weighted by atomic mass is 10.0. The fourth-order valence-corrected chi connectivity index (χ4v) is 3.21. The maximum absolute atomic E-state index is 5.33. The molecule has 0 amide bonds. The number of nitrogens with zero attached hydrogens (tertiary/aromatic N) is 1. The van der Waals surface area contributed by atoms with Crippen molar-refractivity contribution in [3.05, 3.63) is 58.0 Å². The lowest BCUT2D eigenvalue weighted by Crippen LogP contribution is -1.92. The van der Waals surface area contributed by atoms with Crippen LogP contribution in [-0.2, 0) is 17.8 Å². The Morgan fingerprint density at radius 3 is 2.86 bits per heavy atom. The molecule has 4 heteroatoms. The number of thiazole rings is 1. The summed E-state index contributed by atoms with van der Waals surface area (Å²) in [7, 11) is 3.39. The number of benzene rings is 2. The van der Waals surface area contributed by atoms with Crippen LogP contribution < -0.4 is 4.74 Å². The van der Waals surface area contributed by atoms with Gasteiger partial charge in [0, 0.05) is 18.9 Å². The van der Waals surface area contributed by atoms with Crippen LogP contribution in [0.3, 0.4) is 0 Å². The topological polar surface area (TPSA) is 31.4 Å². The predicted molar refractivity (Wildman–Crippen MR) is 86.1 cm³/mol. The lowest BCUT2D eigenvalue weighted by molar-refractivity contribution is 0.182. The molecule has 1 aromatic heterocycles. The third-order valence-corrected chi connectivity index (χ3v) is 4.31. The second kappa shape index (κ2) is 6.24. The number of hydrogen-bond acceptors (Lipinski definition) is 4. The molecule has 21 heavy (non-hydrogen) atoms. The number of aromatic nitrogens is 1. The van der Waals surface area contributed by atoms with Crippen molar-refractivity contribution in [2.24, 2.45) is 0 Å². The quantitative estimate of drug-likeness (QED) is 0.712. The van der Waals surface area contributed by atoms with Gasteiger partial charge in [-0.2, -0.15) is 0 Å². The number of methoxy groups -OCH3 is 2. The minimum Gasteiger partial charge on any atom is -0.497 e. The molecule has 0 aliphatic heterocycles. The van der Waals surface area contributed by atoms with E-state index < -0.39 is 0 Å². The van der Waals surface area contributed by atoms with Crippen LogP contribution in [0.15, 0.2) is 41.8 Å². The monoisotopic (exact) mass is 299 g/mol. The van der Waals surface area contributed by atoms with Crippen molar-refractivity contribution in [3.63, 3.8) is 0 Å². The molecule has 0 atom stereocenters. The predicted octanol–water partition coefficient (Wildman–Crippen LogP) is 4.04. The van der Waals surface area contributed by atoms with E-state index in [-0.39, 0.29) is 0 Å². The molecule has 0 N–H and O–H groups in total. The second-order valence-corrected chi connectivity index (χ2v) is 5.79. The Hall–Kier alpha value is -1.91. The van der Waals surface area contributed by atoms with Gasteiger partial charge < -0.3 is 9.47 Å². The summed E-state index contributed by atoms with van der Waals surface area (Å²) in [5, 5.41) is 5.62. The Kier molecular flexibility index (Phi) is 4.18. The van der Waals surface area contributed by atoms with Crippen molar-refractivity contribution in [3.8, 4) is 5.75 Å². The highest BCUT2D eigenvalue weighted by atomic mass is 32.1. The molecular weight excluding hydrogens is 282 g/mol. The highest BCUT2D eigenvalue weighted by molar-refractivity contribution is 7.09. The molecule has 2 aromatic carbocycles. The summed E-state index contributed by atoms with van der Waals surface area (Å²) in [6, 6.07) is 12.5. The Labute approximate surface area is 128 Å². The summed E-state index contributed by atoms with van der Waals surface area (Å²) < 4.78 is 10.5. The first-order chi connectivity index (χ1) is 10.3. The minimum atomic E-state index is 0.569. The number of hydrogen-bond donors (Lipinski definition) is 0. The van der Waals surface area contributed by atoms with Gasteiger partial charge in [0.05, 0.1) is 24.4 Å². The Morgan fingerprint density at radius 2 is 2.05 bits per heavy atom. The molecule has 108 valence electrons. The first-order valence-electron chi connectivity index (χ1n) is 6.78. The highest BCUT2D eigenvalue weighted by Gasteiger charge is 2.07. The third-order valence-electron chi connectivity index (χ3n) is 3.41. The van der Waals surface area contributed by atoms with Gasteiger partial charge in [0.2, 0.25) is 0 Å². The number of ether oxygens (including phenoxy) is 2. The van der Waals surface area contributed by atoms with E-state index in [2.05, 4.69) is 40.7 Å². The zero-order valence-electron chi connectivity index (χ0n) is 12.1. The van der Waals surface area contributed by atoms with Crippen molar-refractivity contribution >= 4 is 22.1 Å². The Bertz CT molecular complexity index is 751. The smallest absolute Gasteiger partial charge is 0.119 e. The first kappa shape index (κ1) is 14.0. The molecule has 0 unspecified atom stereocenters. The summed E-state index contributed by atoms with van der Waals surface area (Å²) in [5.74, 6) is 0.883. The van der Waals surface area contributed by atoms with Crippen LogP contribution in [0, 0.1) is 0 Å². The van der Waals surface area contributed by atoms with E-state index in [1.807, 2.05) is 6.07 Å². The molecular formula is C17H17NO2S. The molecule has 0 saturated heterocycles. The zero-order chi connectivity index (χ0) is 14.7. The van der Waals surface area contributed by atoms with Gasteiger partial charge in [-0.05, 0) is 28.5 Å². The van der Waals surface area contributed by atoms with Crippen LogP contribution in [0.4, 0.5) is 0 Å². The van der Waals surface area contributed by atoms with E-state index >= 15 is 0 Å². The van der Waals surface area contributed by atoms with Crippen molar-refractivity contribution in [2.45, 2.75) is 13.0 Å². The van der Waals surface area contributed by atoms with Gasteiger partial charge in [-0.3, -0.25) is 0 Å². The van der Waals surface area contributed by atoms with Gasteiger partial charge in [-0.25, -0.2) is 4.98 Å². The molecule has 3 aromatic rings. The van der Waals surface area contributed by atoms with Crippen LogP contribution in [0.2, 0.25) is 0 Å². The van der Waals surface area contributed by atoms with Gasteiger partial charge in [-0.1, -0.05) is 24.3 Å². The van der Waals surface area contributed by atoms with Crippen LogP contribution >= 0.6 is 11.3 Å². The maximum atomic E-state index is 5.33. The van der Waals surface area contributed by atoms with E-state index in [1.165, 1.54) is 16.3 Å². The first-order valence-corrected chi connectivity index (χ1v) is 7.66. The van der Waals surface area contributed by atoms with Crippen molar-refractivity contribution in [2.75, 3.05) is 14.2 Å². The summed E-state index contributed by atoms with van der Waals surface area (Å²) in [6.07, 6.45) is 0.832. The summed E-state index contributed by atoms with van der Waals surface area (Å²) in [5.41, 5.74) is 2.26. The molecule has 1 heterocycles. The van der Waals surface area contributed by atoms with Gasteiger partial charge in [0.25, 0.3) is 0 Å². The normalized spacial score (nSPS) is 11.0. The second-order valence-electron chi connectivity index (χ2n) is 4.85. The van der Waals surface area contributed by atoms with Gasteiger partial charge in [0.15, 0.2) is 0 Å². The average molecular weight is 299 g/mol. The van der Waals surface area contributed by atoms with Crippen molar-refractivity contribution < 1.29 is 9.47 Å².